The normalized spacial score (nSPS) is 26.6. The fourth-order valence-electron chi connectivity index (χ4n) is 2.95. The Hall–Kier alpha value is -0.750. The third-order valence-electron chi connectivity index (χ3n) is 4.08. The molecule has 0 aliphatic carbocycles. The molecule has 2 unspecified atom stereocenters. The number of likely N-dealkylation sites (tertiary alicyclic amines) is 1. The first kappa shape index (κ1) is 15.6. The van der Waals surface area contributed by atoms with Gasteiger partial charge in [-0.25, -0.2) is 0 Å². The van der Waals surface area contributed by atoms with Crippen LogP contribution in [0.5, 0.6) is 0 Å². The van der Waals surface area contributed by atoms with E-state index in [0.717, 1.165) is 45.3 Å². The molecule has 0 saturated carbocycles. The summed E-state index contributed by atoms with van der Waals surface area (Å²) in [5.74, 6) is 1.31. The first-order valence-electron chi connectivity index (χ1n) is 7.48. The molecule has 2 rings (SSSR count). The first-order chi connectivity index (χ1) is 9.70. The Morgan fingerprint density at radius 2 is 2.20 bits per heavy atom. The number of carbonyl (C=O) groups excluding carboxylic acids is 2. The molecule has 2 saturated heterocycles. The fraction of sp³-hybridized carbons (Fsp3) is 0.857. The molecule has 0 aromatic carbocycles. The van der Waals surface area contributed by atoms with Crippen LogP contribution in [0.3, 0.4) is 0 Å². The van der Waals surface area contributed by atoms with Gasteiger partial charge in [0.25, 0.3) is 0 Å². The highest BCUT2D eigenvalue weighted by molar-refractivity contribution is 7.99. The maximum Gasteiger partial charge on any atom is 0.237 e. The number of piperidine rings is 1. The maximum absolute atomic E-state index is 11.9. The van der Waals surface area contributed by atoms with Crippen LogP contribution in [-0.2, 0) is 9.59 Å². The number of hydrogen-bond donors (Lipinski definition) is 2. The molecule has 2 aliphatic rings. The van der Waals surface area contributed by atoms with E-state index in [2.05, 4.69) is 10.6 Å². The molecule has 2 N–H and O–H groups in total. The number of thioether (sulfide) groups is 1. The number of carbonyl (C=O) groups is 2. The van der Waals surface area contributed by atoms with Gasteiger partial charge in [-0.1, -0.05) is 0 Å². The van der Waals surface area contributed by atoms with E-state index in [-0.39, 0.29) is 17.9 Å². The minimum absolute atomic E-state index is 0.00665. The lowest BCUT2D eigenvalue weighted by molar-refractivity contribution is -0.130. The third-order valence-corrected chi connectivity index (χ3v) is 4.62. The molecule has 2 fully saturated rings. The molecule has 114 valence electrons. The molecule has 0 aromatic heterocycles. The molecule has 0 aromatic rings. The number of nitrogens with zero attached hydrogens (tertiary/aromatic N) is 1. The summed E-state index contributed by atoms with van der Waals surface area (Å²) in [5, 5.41) is 6.25. The monoisotopic (exact) mass is 299 g/mol. The summed E-state index contributed by atoms with van der Waals surface area (Å²) in [6.07, 6.45) is 6.12. The standard InChI is InChI=1S/C14H25N3O2S/c1-20-10-13(18)17-7-3-4-11(9-17)8-16-14(19)12-5-2-6-15-12/h11-12,15H,2-10H2,1H3,(H,16,19). The van der Waals surface area contributed by atoms with E-state index < -0.39 is 0 Å². The molecule has 2 amide bonds. The number of amides is 2. The van der Waals surface area contributed by atoms with Crippen LogP contribution in [0, 0.1) is 5.92 Å². The van der Waals surface area contributed by atoms with Gasteiger partial charge < -0.3 is 15.5 Å². The largest absolute Gasteiger partial charge is 0.354 e. The van der Waals surface area contributed by atoms with Crippen LogP contribution in [-0.4, -0.2) is 60.9 Å². The Morgan fingerprint density at radius 3 is 2.90 bits per heavy atom. The molecule has 0 bridgehead atoms. The van der Waals surface area contributed by atoms with E-state index in [4.69, 9.17) is 0 Å². The molecule has 20 heavy (non-hydrogen) atoms. The lowest BCUT2D eigenvalue weighted by Gasteiger charge is -2.33. The summed E-state index contributed by atoms with van der Waals surface area (Å²) in [7, 11) is 0. The average Bonchev–Trinajstić information content (AvgIpc) is 2.99. The summed E-state index contributed by atoms with van der Waals surface area (Å²) in [6, 6.07) is -0.00665. The topological polar surface area (TPSA) is 61.4 Å². The fourth-order valence-corrected chi connectivity index (χ4v) is 3.38. The average molecular weight is 299 g/mol. The lowest BCUT2D eigenvalue weighted by Crippen LogP contribution is -2.47. The van der Waals surface area contributed by atoms with Crippen molar-refractivity contribution in [2.75, 3.05) is 38.2 Å². The number of rotatable bonds is 5. The van der Waals surface area contributed by atoms with Crippen molar-refractivity contribution < 1.29 is 9.59 Å². The van der Waals surface area contributed by atoms with Crippen molar-refractivity contribution >= 4 is 23.6 Å². The lowest BCUT2D eigenvalue weighted by atomic mass is 9.98. The van der Waals surface area contributed by atoms with Gasteiger partial charge in [-0.05, 0) is 44.4 Å². The van der Waals surface area contributed by atoms with Crippen LogP contribution in [0.4, 0.5) is 0 Å². The predicted octanol–water partition coefficient (Wildman–Crippen LogP) is 0.456. The van der Waals surface area contributed by atoms with Crippen molar-refractivity contribution in [3.05, 3.63) is 0 Å². The van der Waals surface area contributed by atoms with E-state index in [1.807, 2.05) is 11.2 Å². The third kappa shape index (κ3) is 4.38. The van der Waals surface area contributed by atoms with Crippen LogP contribution >= 0.6 is 11.8 Å². The zero-order valence-corrected chi connectivity index (χ0v) is 13.0. The van der Waals surface area contributed by atoms with Crippen molar-refractivity contribution in [1.29, 1.82) is 0 Å². The molecule has 0 radical (unpaired) electrons. The van der Waals surface area contributed by atoms with E-state index in [0.29, 0.717) is 18.2 Å². The maximum atomic E-state index is 11.9. The van der Waals surface area contributed by atoms with Crippen LogP contribution in [0.25, 0.3) is 0 Å². The summed E-state index contributed by atoms with van der Waals surface area (Å²) >= 11 is 1.57. The summed E-state index contributed by atoms with van der Waals surface area (Å²) < 4.78 is 0. The molecular formula is C14H25N3O2S. The van der Waals surface area contributed by atoms with E-state index >= 15 is 0 Å². The van der Waals surface area contributed by atoms with Gasteiger partial charge in [-0.2, -0.15) is 11.8 Å². The Bertz CT molecular complexity index is 345. The summed E-state index contributed by atoms with van der Waals surface area (Å²) in [6.45, 7) is 3.30. The van der Waals surface area contributed by atoms with Crippen molar-refractivity contribution in [2.24, 2.45) is 5.92 Å². The highest BCUT2D eigenvalue weighted by atomic mass is 32.2. The Kier molecular flexibility index (Phi) is 6.16. The van der Waals surface area contributed by atoms with E-state index in [1.165, 1.54) is 0 Å². The summed E-state index contributed by atoms with van der Waals surface area (Å²) in [5.41, 5.74) is 0. The Labute approximate surface area is 125 Å². The molecule has 0 spiro atoms. The van der Waals surface area contributed by atoms with Gasteiger partial charge in [0, 0.05) is 19.6 Å². The van der Waals surface area contributed by atoms with E-state index in [1.54, 1.807) is 11.8 Å². The van der Waals surface area contributed by atoms with Crippen molar-refractivity contribution in [3.8, 4) is 0 Å². The second-order valence-corrected chi connectivity index (χ2v) is 6.54. The van der Waals surface area contributed by atoms with Crippen molar-refractivity contribution in [1.82, 2.24) is 15.5 Å². The molecule has 2 heterocycles. The van der Waals surface area contributed by atoms with Crippen LogP contribution in [0.2, 0.25) is 0 Å². The number of hydrogen-bond acceptors (Lipinski definition) is 4. The smallest absolute Gasteiger partial charge is 0.237 e. The first-order valence-corrected chi connectivity index (χ1v) is 8.88. The summed E-state index contributed by atoms with van der Waals surface area (Å²) in [4.78, 5) is 25.8. The van der Waals surface area contributed by atoms with Gasteiger partial charge in [0.2, 0.25) is 11.8 Å². The zero-order chi connectivity index (χ0) is 14.4. The Morgan fingerprint density at radius 1 is 1.35 bits per heavy atom. The van der Waals surface area contributed by atoms with Crippen LogP contribution in [0.1, 0.15) is 25.7 Å². The molecular weight excluding hydrogens is 274 g/mol. The van der Waals surface area contributed by atoms with Gasteiger partial charge in [-0.3, -0.25) is 9.59 Å². The van der Waals surface area contributed by atoms with Crippen molar-refractivity contribution in [2.45, 2.75) is 31.7 Å². The Balaban J connectivity index is 1.72. The number of nitrogens with one attached hydrogen (secondary N) is 2. The second kappa shape index (κ2) is 7.88. The second-order valence-electron chi connectivity index (χ2n) is 5.68. The minimum atomic E-state index is -0.00665. The van der Waals surface area contributed by atoms with Crippen LogP contribution in [0.15, 0.2) is 0 Å². The highest BCUT2D eigenvalue weighted by Crippen LogP contribution is 2.17. The van der Waals surface area contributed by atoms with Gasteiger partial charge in [0.15, 0.2) is 0 Å². The minimum Gasteiger partial charge on any atom is -0.354 e. The SMILES string of the molecule is CSCC(=O)N1CCCC(CNC(=O)C2CCCN2)C1. The van der Waals surface area contributed by atoms with Gasteiger partial charge in [0.1, 0.15) is 0 Å². The van der Waals surface area contributed by atoms with Crippen LogP contribution < -0.4 is 10.6 Å². The predicted molar refractivity (Wildman–Crippen MR) is 81.7 cm³/mol. The van der Waals surface area contributed by atoms with Gasteiger partial charge in [0.05, 0.1) is 11.8 Å². The van der Waals surface area contributed by atoms with Gasteiger partial charge in [-0.15, -0.1) is 0 Å². The zero-order valence-electron chi connectivity index (χ0n) is 12.2. The van der Waals surface area contributed by atoms with Gasteiger partial charge >= 0.3 is 0 Å². The molecule has 6 heteroatoms. The van der Waals surface area contributed by atoms with Crippen molar-refractivity contribution in [3.63, 3.8) is 0 Å². The molecule has 5 nitrogen and oxygen atoms in total. The quantitative estimate of drug-likeness (QED) is 0.774. The molecule has 2 atom stereocenters. The molecule has 2 aliphatic heterocycles. The van der Waals surface area contributed by atoms with E-state index in [9.17, 15) is 9.59 Å². The highest BCUT2D eigenvalue weighted by Gasteiger charge is 2.26.